The molecular weight excluding hydrogens is 427 g/mol. The van der Waals surface area contributed by atoms with Crippen LogP contribution in [-0.2, 0) is 11.3 Å². The standard InChI is InChI=1S/C25H21FN2O5/c1-3-32-22-7-5-4-6-19(22)18-10-9-16(12-17(18)14-31-2)24-27-23(28-33-24)15-8-11-20(25(29)30)21(26)13-15/h4-13H,3,14H2,1-2H3,(H,29,30). The van der Waals surface area contributed by atoms with Gasteiger partial charge in [0.2, 0.25) is 5.82 Å². The van der Waals surface area contributed by atoms with E-state index in [1.165, 1.54) is 12.1 Å². The molecule has 0 bridgehead atoms. The first-order valence-corrected chi connectivity index (χ1v) is 10.2. The largest absolute Gasteiger partial charge is 0.493 e. The summed E-state index contributed by atoms with van der Waals surface area (Å²) < 4.78 is 30.6. The molecule has 0 saturated carbocycles. The number of carboxylic acid groups (broad SMARTS) is 1. The van der Waals surface area contributed by atoms with Crippen LogP contribution >= 0.6 is 0 Å². The highest BCUT2D eigenvalue weighted by Gasteiger charge is 2.17. The Balaban J connectivity index is 1.70. The number of carbonyl (C=O) groups is 1. The van der Waals surface area contributed by atoms with Gasteiger partial charge in [-0.3, -0.25) is 0 Å². The van der Waals surface area contributed by atoms with Crippen LogP contribution in [0.4, 0.5) is 4.39 Å². The number of benzene rings is 3. The minimum atomic E-state index is -1.34. The number of ether oxygens (including phenoxy) is 2. The maximum absolute atomic E-state index is 14.1. The molecule has 3 aromatic carbocycles. The predicted octanol–water partition coefficient (Wildman–Crippen LogP) is 5.45. The number of methoxy groups -OCH3 is 1. The van der Waals surface area contributed by atoms with Crippen LogP contribution in [0.1, 0.15) is 22.8 Å². The number of rotatable bonds is 8. The van der Waals surface area contributed by atoms with Crippen molar-refractivity contribution in [1.29, 1.82) is 0 Å². The van der Waals surface area contributed by atoms with Gasteiger partial charge in [0.05, 0.1) is 18.8 Å². The minimum absolute atomic E-state index is 0.153. The Hall–Kier alpha value is -4.04. The fourth-order valence-corrected chi connectivity index (χ4v) is 3.52. The molecule has 1 N–H and O–H groups in total. The summed E-state index contributed by atoms with van der Waals surface area (Å²) in [5, 5.41) is 12.9. The van der Waals surface area contributed by atoms with Gasteiger partial charge in [0.15, 0.2) is 0 Å². The summed E-state index contributed by atoms with van der Waals surface area (Å²) in [7, 11) is 1.62. The fourth-order valence-electron chi connectivity index (χ4n) is 3.52. The molecule has 0 atom stereocenters. The van der Waals surface area contributed by atoms with Crippen LogP contribution in [0.3, 0.4) is 0 Å². The highest BCUT2D eigenvalue weighted by Crippen LogP contribution is 2.35. The molecule has 0 saturated heterocycles. The van der Waals surface area contributed by atoms with Crippen molar-refractivity contribution in [2.45, 2.75) is 13.5 Å². The number of aromatic nitrogens is 2. The van der Waals surface area contributed by atoms with Crippen LogP contribution in [-0.4, -0.2) is 34.9 Å². The molecule has 0 aliphatic carbocycles. The van der Waals surface area contributed by atoms with Crippen molar-refractivity contribution in [3.05, 3.63) is 77.6 Å². The number of para-hydroxylation sites is 1. The summed E-state index contributed by atoms with van der Waals surface area (Å²) in [6.45, 7) is 2.84. The van der Waals surface area contributed by atoms with E-state index in [9.17, 15) is 9.18 Å². The lowest BCUT2D eigenvalue weighted by molar-refractivity contribution is 0.0692. The lowest BCUT2D eigenvalue weighted by atomic mass is 9.97. The topological polar surface area (TPSA) is 94.7 Å². The first kappa shape index (κ1) is 22.2. The number of aromatic carboxylic acids is 1. The molecule has 0 fully saturated rings. The maximum atomic E-state index is 14.1. The zero-order valence-corrected chi connectivity index (χ0v) is 18.0. The normalized spacial score (nSPS) is 10.9. The molecule has 7 nitrogen and oxygen atoms in total. The lowest BCUT2D eigenvalue weighted by Gasteiger charge is -2.14. The average molecular weight is 448 g/mol. The minimum Gasteiger partial charge on any atom is -0.493 e. The molecule has 8 heteroatoms. The lowest BCUT2D eigenvalue weighted by Crippen LogP contribution is -2.00. The van der Waals surface area contributed by atoms with Crippen LogP contribution < -0.4 is 4.74 Å². The molecule has 4 aromatic rings. The summed E-state index contributed by atoms with van der Waals surface area (Å²) >= 11 is 0. The summed E-state index contributed by atoms with van der Waals surface area (Å²) in [5.74, 6) is -1.04. The number of hydrogen-bond donors (Lipinski definition) is 1. The zero-order valence-electron chi connectivity index (χ0n) is 18.0. The van der Waals surface area contributed by atoms with E-state index in [1.54, 1.807) is 7.11 Å². The van der Waals surface area contributed by atoms with Gasteiger partial charge in [-0.1, -0.05) is 29.4 Å². The monoisotopic (exact) mass is 448 g/mol. The molecule has 4 rings (SSSR count). The van der Waals surface area contributed by atoms with Gasteiger partial charge >= 0.3 is 5.97 Å². The molecule has 0 unspecified atom stereocenters. The summed E-state index contributed by atoms with van der Waals surface area (Å²) in [4.78, 5) is 15.4. The van der Waals surface area contributed by atoms with Crippen LogP contribution in [0.2, 0.25) is 0 Å². The number of halogens is 1. The van der Waals surface area contributed by atoms with Crippen LogP contribution in [0.15, 0.2) is 65.2 Å². The van der Waals surface area contributed by atoms with Gasteiger partial charge in [-0.2, -0.15) is 4.98 Å². The summed E-state index contributed by atoms with van der Waals surface area (Å²) in [6.07, 6.45) is 0. The van der Waals surface area contributed by atoms with Crippen LogP contribution in [0, 0.1) is 5.82 Å². The van der Waals surface area contributed by atoms with E-state index in [1.807, 2.05) is 49.4 Å². The molecule has 1 aromatic heterocycles. The van der Waals surface area contributed by atoms with Crippen molar-refractivity contribution in [3.8, 4) is 39.7 Å². The van der Waals surface area contributed by atoms with Gasteiger partial charge in [-0.25, -0.2) is 9.18 Å². The molecule has 0 radical (unpaired) electrons. The number of hydrogen-bond acceptors (Lipinski definition) is 6. The van der Waals surface area contributed by atoms with Gasteiger partial charge < -0.3 is 19.1 Å². The molecule has 1 heterocycles. The van der Waals surface area contributed by atoms with Gasteiger partial charge in [-0.15, -0.1) is 0 Å². The maximum Gasteiger partial charge on any atom is 0.338 e. The third kappa shape index (κ3) is 4.61. The van der Waals surface area contributed by atoms with Crippen LogP contribution in [0.25, 0.3) is 34.0 Å². The average Bonchev–Trinajstić information content (AvgIpc) is 3.30. The molecule has 33 heavy (non-hydrogen) atoms. The molecule has 168 valence electrons. The molecule has 0 amide bonds. The van der Waals surface area contributed by atoms with Crippen molar-refractivity contribution in [1.82, 2.24) is 10.1 Å². The first-order valence-electron chi connectivity index (χ1n) is 10.2. The van der Waals surface area contributed by atoms with E-state index in [-0.39, 0.29) is 11.7 Å². The van der Waals surface area contributed by atoms with E-state index in [0.29, 0.717) is 24.3 Å². The van der Waals surface area contributed by atoms with E-state index in [2.05, 4.69) is 10.1 Å². The number of carboxylic acids is 1. The van der Waals surface area contributed by atoms with Gasteiger partial charge in [0, 0.05) is 23.8 Å². The Bertz CT molecular complexity index is 1300. The Morgan fingerprint density at radius 1 is 1.06 bits per heavy atom. The highest BCUT2D eigenvalue weighted by atomic mass is 19.1. The zero-order chi connectivity index (χ0) is 23.4. The predicted molar refractivity (Wildman–Crippen MR) is 119 cm³/mol. The smallest absolute Gasteiger partial charge is 0.338 e. The van der Waals surface area contributed by atoms with Gasteiger partial charge in [0.1, 0.15) is 11.6 Å². The van der Waals surface area contributed by atoms with E-state index in [4.69, 9.17) is 19.1 Å². The second-order valence-electron chi connectivity index (χ2n) is 7.16. The van der Waals surface area contributed by atoms with Gasteiger partial charge in [0.25, 0.3) is 5.89 Å². The molecule has 0 aliphatic heterocycles. The molecule has 0 spiro atoms. The van der Waals surface area contributed by atoms with Crippen molar-refractivity contribution in [2.24, 2.45) is 0 Å². The second kappa shape index (κ2) is 9.62. The van der Waals surface area contributed by atoms with Crippen molar-refractivity contribution in [2.75, 3.05) is 13.7 Å². The third-order valence-corrected chi connectivity index (χ3v) is 5.01. The SMILES string of the molecule is CCOc1ccccc1-c1ccc(-c2nc(-c3ccc(C(=O)O)c(F)c3)no2)cc1COC. The highest BCUT2D eigenvalue weighted by molar-refractivity contribution is 5.88. The second-order valence-corrected chi connectivity index (χ2v) is 7.16. The Labute approximate surface area is 189 Å². The molecule has 0 aliphatic rings. The first-order chi connectivity index (χ1) is 16.0. The Kier molecular flexibility index (Phi) is 6.46. The summed E-state index contributed by atoms with van der Waals surface area (Å²) in [5.41, 5.74) is 3.36. The van der Waals surface area contributed by atoms with Crippen molar-refractivity contribution >= 4 is 5.97 Å². The quantitative estimate of drug-likeness (QED) is 0.383. The molecular formula is C25H21FN2O5. The van der Waals surface area contributed by atoms with E-state index < -0.39 is 17.3 Å². The van der Waals surface area contributed by atoms with Gasteiger partial charge in [-0.05, 0) is 54.4 Å². The Morgan fingerprint density at radius 2 is 1.85 bits per heavy atom. The summed E-state index contributed by atoms with van der Waals surface area (Å²) in [6, 6.07) is 17.1. The van der Waals surface area contributed by atoms with Crippen molar-refractivity contribution < 1.29 is 28.3 Å². The van der Waals surface area contributed by atoms with Crippen molar-refractivity contribution in [3.63, 3.8) is 0 Å². The van der Waals surface area contributed by atoms with E-state index in [0.717, 1.165) is 28.5 Å². The third-order valence-electron chi connectivity index (χ3n) is 5.01. The van der Waals surface area contributed by atoms with Crippen LogP contribution in [0.5, 0.6) is 5.75 Å². The Morgan fingerprint density at radius 3 is 2.58 bits per heavy atom. The fraction of sp³-hybridized carbons (Fsp3) is 0.160. The van der Waals surface area contributed by atoms with E-state index >= 15 is 0 Å². The number of nitrogens with zero attached hydrogens (tertiary/aromatic N) is 2.